The maximum atomic E-state index is 13.7. The number of nitrogens with one attached hydrogen (secondary N) is 1. The molecule has 1 aromatic rings. The summed E-state index contributed by atoms with van der Waals surface area (Å²) < 4.78 is 47.7. The van der Waals surface area contributed by atoms with Gasteiger partial charge < -0.3 is 4.74 Å². The van der Waals surface area contributed by atoms with Crippen LogP contribution in [0.4, 0.5) is 4.39 Å². The number of sulfonamides is 1. The molecule has 0 saturated heterocycles. The van der Waals surface area contributed by atoms with E-state index in [-0.39, 0.29) is 16.2 Å². The van der Waals surface area contributed by atoms with E-state index in [4.69, 9.17) is 4.74 Å². The van der Waals surface area contributed by atoms with Gasteiger partial charge in [-0.2, -0.15) is 0 Å². The fourth-order valence-electron chi connectivity index (χ4n) is 5.50. The lowest BCUT2D eigenvalue weighted by molar-refractivity contribution is -0.00810. The summed E-state index contributed by atoms with van der Waals surface area (Å²) in [5.41, 5.74) is -0.298. The minimum Gasteiger partial charge on any atom is -0.491 e. The van der Waals surface area contributed by atoms with Gasteiger partial charge in [-0.05, 0) is 75.3 Å². The Balaban J connectivity index is 1.61. The van der Waals surface area contributed by atoms with Crippen LogP contribution in [0.5, 0.6) is 5.75 Å². The molecule has 0 heterocycles. The Hall–Kier alpha value is -1.14. The van der Waals surface area contributed by atoms with Crippen molar-refractivity contribution >= 4 is 10.0 Å². The van der Waals surface area contributed by atoms with E-state index in [1.54, 1.807) is 6.92 Å². The highest BCUT2D eigenvalue weighted by Crippen LogP contribution is 2.56. The van der Waals surface area contributed by atoms with Gasteiger partial charge in [0.25, 0.3) is 0 Å². The minimum atomic E-state index is -3.68. The van der Waals surface area contributed by atoms with Gasteiger partial charge in [0.2, 0.25) is 10.0 Å². The molecule has 4 saturated carbocycles. The molecule has 1 aromatic carbocycles. The molecule has 0 amide bonds. The average molecular weight is 353 g/mol. The Morgan fingerprint density at radius 2 is 1.75 bits per heavy atom. The second-order valence-electron chi connectivity index (χ2n) is 7.83. The molecule has 4 aliphatic rings. The average Bonchev–Trinajstić information content (AvgIpc) is 2.47. The van der Waals surface area contributed by atoms with Crippen molar-refractivity contribution in [2.75, 3.05) is 6.61 Å². The van der Waals surface area contributed by atoms with Crippen LogP contribution in [-0.4, -0.2) is 20.6 Å². The highest BCUT2D eigenvalue weighted by atomic mass is 32.2. The molecule has 0 radical (unpaired) electrons. The zero-order chi connectivity index (χ0) is 16.9. The van der Waals surface area contributed by atoms with E-state index in [1.807, 2.05) is 0 Å². The highest BCUT2D eigenvalue weighted by molar-refractivity contribution is 7.89. The number of hydrogen-bond donors (Lipinski definition) is 1. The smallest absolute Gasteiger partial charge is 0.241 e. The molecule has 0 spiro atoms. The van der Waals surface area contributed by atoms with Gasteiger partial charge >= 0.3 is 0 Å². The summed E-state index contributed by atoms with van der Waals surface area (Å²) in [5, 5.41) is 0. The van der Waals surface area contributed by atoms with Gasteiger partial charge in [-0.1, -0.05) is 0 Å². The van der Waals surface area contributed by atoms with E-state index < -0.39 is 15.8 Å². The first-order chi connectivity index (χ1) is 11.4. The predicted molar refractivity (Wildman–Crippen MR) is 88.8 cm³/mol. The molecule has 4 nitrogen and oxygen atoms in total. The molecule has 0 aromatic heterocycles. The summed E-state index contributed by atoms with van der Waals surface area (Å²) in [5.74, 6) is 1.43. The molecular weight excluding hydrogens is 329 g/mol. The summed E-state index contributed by atoms with van der Waals surface area (Å²) >= 11 is 0. The van der Waals surface area contributed by atoms with Crippen molar-refractivity contribution in [3.05, 3.63) is 24.0 Å². The SMILES string of the molecule is CCOc1cc(S(=O)(=O)NC23CC4CC(CC(C4)C2)C3)ccc1F. The largest absolute Gasteiger partial charge is 0.491 e. The zero-order valence-corrected chi connectivity index (χ0v) is 14.7. The molecule has 0 unspecified atom stereocenters. The van der Waals surface area contributed by atoms with Crippen molar-refractivity contribution < 1.29 is 17.5 Å². The van der Waals surface area contributed by atoms with E-state index in [1.165, 1.54) is 37.5 Å². The molecule has 6 heteroatoms. The van der Waals surface area contributed by atoms with Crippen molar-refractivity contribution in [2.45, 2.75) is 55.9 Å². The van der Waals surface area contributed by atoms with Crippen molar-refractivity contribution in [3.8, 4) is 5.75 Å². The van der Waals surface area contributed by atoms with Crippen LogP contribution in [0.15, 0.2) is 23.1 Å². The highest BCUT2D eigenvalue weighted by Gasteiger charge is 2.52. The molecule has 5 rings (SSSR count). The second-order valence-corrected chi connectivity index (χ2v) is 9.51. The minimum absolute atomic E-state index is 0.00844. The lowest BCUT2D eigenvalue weighted by atomic mass is 9.53. The fraction of sp³-hybridized carbons (Fsp3) is 0.667. The van der Waals surface area contributed by atoms with Crippen LogP contribution in [0.25, 0.3) is 0 Å². The molecule has 132 valence electrons. The third kappa shape index (κ3) is 2.84. The maximum Gasteiger partial charge on any atom is 0.241 e. The van der Waals surface area contributed by atoms with Gasteiger partial charge in [-0.15, -0.1) is 0 Å². The first kappa shape index (κ1) is 16.3. The van der Waals surface area contributed by atoms with Crippen LogP contribution < -0.4 is 9.46 Å². The second kappa shape index (κ2) is 5.70. The number of rotatable bonds is 5. The first-order valence-electron chi connectivity index (χ1n) is 8.85. The van der Waals surface area contributed by atoms with E-state index in [0.717, 1.165) is 19.3 Å². The molecule has 0 aliphatic heterocycles. The Kier molecular flexibility index (Phi) is 3.88. The predicted octanol–water partition coefficient (Wildman–Crippen LogP) is 3.47. The molecule has 1 N–H and O–H groups in total. The van der Waals surface area contributed by atoms with Crippen LogP contribution in [0.3, 0.4) is 0 Å². The first-order valence-corrected chi connectivity index (χ1v) is 10.3. The Labute approximate surface area is 142 Å². The third-order valence-corrected chi connectivity index (χ3v) is 7.48. The van der Waals surface area contributed by atoms with Gasteiger partial charge in [-0.3, -0.25) is 0 Å². The number of hydrogen-bond acceptors (Lipinski definition) is 3. The van der Waals surface area contributed by atoms with Gasteiger partial charge in [0, 0.05) is 11.6 Å². The zero-order valence-electron chi connectivity index (χ0n) is 13.9. The summed E-state index contributed by atoms with van der Waals surface area (Å²) in [4.78, 5) is 0.0862. The van der Waals surface area contributed by atoms with E-state index in [0.29, 0.717) is 24.4 Å². The number of benzene rings is 1. The van der Waals surface area contributed by atoms with E-state index >= 15 is 0 Å². The van der Waals surface area contributed by atoms with Crippen LogP contribution in [0, 0.1) is 23.6 Å². The Morgan fingerprint density at radius 1 is 1.17 bits per heavy atom. The lowest BCUT2D eigenvalue weighted by Crippen LogP contribution is -2.59. The maximum absolute atomic E-state index is 13.7. The summed E-state index contributed by atoms with van der Waals surface area (Å²) in [6, 6.07) is 3.78. The van der Waals surface area contributed by atoms with Gasteiger partial charge in [0.15, 0.2) is 11.6 Å². The molecule has 4 aliphatic carbocycles. The standard InChI is InChI=1S/C18H24FNO3S/c1-2-23-17-8-15(3-4-16(17)19)24(21,22)20-18-9-12-5-13(10-18)7-14(6-12)11-18/h3-4,8,12-14,20H,2,5-7,9-11H2,1H3. The quantitative estimate of drug-likeness (QED) is 0.882. The fourth-order valence-corrected chi connectivity index (χ4v) is 6.94. The molecule has 0 atom stereocenters. The number of ether oxygens (including phenoxy) is 1. The number of halogens is 1. The van der Waals surface area contributed by atoms with Crippen molar-refractivity contribution in [1.82, 2.24) is 4.72 Å². The Bertz CT molecular complexity index is 711. The molecule has 4 bridgehead atoms. The van der Waals surface area contributed by atoms with Gasteiger partial charge in [0.1, 0.15) is 0 Å². The van der Waals surface area contributed by atoms with E-state index in [9.17, 15) is 12.8 Å². The van der Waals surface area contributed by atoms with Crippen LogP contribution in [0.2, 0.25) is 0 Å². The molecular formula is C18H24FNO3S. The summed E-state index contributed by atoms with van der Waals surface area (Å²) in [6.45, 7) is 2.04. The third-order valence-electron chi connectivity index (χ3n) is 5.90. The van der Waals surface area contributed by atoms with Crippen LogP contribution in [-0.2, 0) is 10.0 Å². The van der Waals surface area contributed by atoms with Crippen molar-refractivity contribution in [3.63, 3.8) is 0 Å². The van der Waals surface area contributed by atoms with Crippen LogP contribution >= 0.6 is 0 Å². The topological polar surface area (TPSA) is 55.4 Å². The van der Waals surface area contributed by atoms with Gasteiger partial charge in [-0.25, -0.2) is 17.5 Å². The molecule has 24 heavy (non-hydrogen) atoms. The van der Waals surface area contributed by atoms with Crippen LogP contribution in [0.1, 0.15) is 45.4 Å². The van der Waals surface area contributed by atoms with Crippen molar-refractivity contribution in [2.24, 2.45) is 17.8 Å². The summed E-state index contributed by atoms with van der Waals surface area (Å²) in [6.07, 6.45) is 6.59. The monoisotopic (exact) mass is 353 g/mol. The lowest BCUT2D eigenvalue weighted by Gasteiger charge is -2.56. The Morgan fingerprint density at radius 3 is 2.29 bits per heavy atom. The molecule has 4 fully saturated rings. The normalized spacial score (nSPS) is 34.5. The van der Waals surface area contributed by atoms with E-state index in [2.05, 4.69) is 4.72 Å². The summed E-state index contributed by atoms with van der Waals surface area (Å²) in [7, 11) is -3.68. The van der Waals surface area contributed by atoms with Crippen molar-refractivity contribution in [1.29, 1.82) is 0 Å². The van der Waals surface area contributed by atoms with Gasteiger partial charge in [0.05, 0.1) is 11.5 Å².